The molecule has 1 aromatic heterocycles. The largest absolute Gasteiger partial charge is 0.311 e. The third-order valence-corrected chi connectivity index (χ3v) is 16.9. The summed E-state index contributed by atoms with van der Waals surface area (Å²) < 4.78 is 2.70. The van der Waals surface area contributed by atoms with E-state index in [0.29, 0.717) is 11.8 Å². The van der Waals surface area contributed by atoms with Crippen molar-refractivity contribution in [2.24, 2.45) is 23.7 Å². The molecule has 0 saturated heterocycles. The normalized spacial score (nSPS) is 24.0. The molecule has 4 fully saturated rings. The minimum absolute atomic E-state index is 0.0832. The Morgan fingerprint density at radius 3 is 2.05 bits per heavy atom. The van der Waals surface area contributed by atoms with Gasteiger partial charge in [-0.05, 0) is 161 Å². The van der Waals surface area contributed by atoms with E-state index in [1.807, 2.05) is 11.3 Å². The zero-order valence-corrected chi connectivity index (χ0v) is 33.6. The van der Waals surface area contributed by atoms with Gasteiger partial charge in [0.15, 0.2) is 0 Å². The number of para-hydroxylation sites is 2. The average Bonchev–Trinajstić information content (AvgIpc) is 3.64. The van der Waals surface area contributed by atoms with Crippen LogP contribution in [0.3, 0.4) is 0 Å². The lowest BCUT2D eigenvalue weighted by Crippen LogP contribution is -2.64. The van der Waals surface area contributed by atoms with Crippen LogP contribution in [0.4, 0.5) is 34.1 Å². The minimum Gasteiger partial charge on any atom is -0.311 e. The number of benzene rings is 7. The fourth-order valence-corrected chi connectivity index (χ4v) is 14.9. The van der Waals surface area contributed by atoms with Gasteiger partial charge in [0, 0.05) is 54.0 Å². The summed E-state index contributed by atoms with van der Waals surface area (Å²) >= 11 is 1.89. The van der Waals surface area contributed by atoms with Crippen molar-refractivity contribution in [2.75, 3.05) is 9.80 Å². The van der Waals surface area contributed by atoms with Gasteiger partial charge in [0.2, 0.25) is 0 Å². The molecule has 8 aromatic rings. The molecule has 7 aromatic carbocycles. The average molecular weight is 763 g/mol. The van der Waals surface area contributed by atoms with Gasteiger partial charge in [0.1, 0.15) is 0 Å². The van der Waals surface area contributed by atoms with Crippen LogP contribution in [0.2, 0.25) is 0 Å². The summed E-state index contributed by atoms with van der Waals surface area (Å²) in [6.45, 7) is 2.38. The zero-order valence-electron chi connectivity index (χ0n) is 32.8. The van der Waals surface area contributed by atoms with E-state index in [4.69, 9.17) is 0 Å². The van der Waals surface area contributed by atoms with Crippen molar-refractivity contribution in [1.29, 1.82) is 0 Å². The monoisotopic (exact) mass is 762 g/mol. The molecular weight excluding hydrogens is 719 g/mol. The number of anilines is 6. The van der Waals surface area contributed by atoms with Gasteiger partial charge in [-0.1, -0.05) is 97.9 Å². The molecule has 4 saturated carbocycles. The van der Waals surface area contributed by atoms with Crippen LogP contribution in [0.25, 0.3) is 31.3 Å². The number of nitrogens with zero attached hydrogens (tertiary/aromatic N) is 2. The Labute approximate surface area is 344 Å². The molecule has 4 aliphatic carbocycles. The Hall–Kier alpha value is -5.58. The van der Waals surface area contributed by atoms with E-state index in [0.717, 1.165) is 18.3 Å². The maximum atomic E-state index is 2.71. The lowest BCUT2D eigenvalue weighted by atomic mass is 9.32. The van der Waals surface area contributed by atoms with Crippen molar-refractivity contribution in [2.45, 2.75) is 50.9 Å². The van der Waals surface area contributed by atoms with Crippen LogP contribution in [0.1, 0.15) is 55.7 Å². The highest BCUT2D eigenvalue weighted by Crippen LogP contribution is 2.69. The lowest BCUT2D eigenvalue weighted by Gasteiger charge is -2.64. The zero-order chi connectivity index (χ0) is 37.9. The van der Waals surface area contributed by atoms with Crippen molar-refractivity contribution in [3.8, 4) is 11.1 Å². The summed E-state index contributed by atoms with van der Waals surface area (Å²) in [4.78, 5) is 5.29. The second kappa shape index (κ2) is 11.5. The van der Waals surface area contributed by atoms with E-state index in [1.54, 1.807) is 11.1 Å². The van der Waals surface area contributed by atoms with Gasteiger partial charge in [-0.3, -0.25) is 0 Å². The van der Waals surface area contributed by atoms with E-state index >= 15 is 0 Å². The maximum absolute atomic E-state index is 2.71. The van der Waals surface area contributed by atoms with Gasteiger partial charge in [-0.25, -0.2) is 0 Å². The van der Waals surface area contributed by atoms with Gasteiger partial charge in [0.05, 0.1) is 5.69 Å². The van der Waals surface area contributed by atoms with E-state index in [9.17, 15) is 0 Å². The summed E-state index contributed by atoms with van der Waals surface area (Å²) in [5.74, 6) is 3.26. The fraction of sp³-hybridized carbons (Fsp3) is 0.222. The first-order chi connectivity index (χ1) is 28.7. The maximum Gasteiger partial charge on any atom is 0.252 e. The molecule has 4 heterocycles. The highest BCUT2D eigenvalue weighted by atomic mass is 32.1. The van der Waals surface area contributed by atoms with Crippen molar-refractivity contribution in [1.82, 2.24) is 0 Å². The molecule has 0 radical (unpaired) electrons. The predicted octanol–water partition coefficient (Wildman–Crippen LogP) is 12.4. The molecule has 4 heteroatoms. The highest BCUT2D eigenvalue weighted by Gasteiger charge is 2.62. The third kappa shape index (κ3) is 4.05. The molecule has 278 valence electrons. The molecule has 4 bridgehead atoms. The number of hydrogen-bond donors (Lipinski definition) is 0. The highest BCUT2D eigenvalue weighted by molar-refractivity contribution is 7.25. The number of thiophene rings is 1. The Kier molecular flexibility index (Phi) is 6.45. The molecule has 1 spiro atoms. The van der Waals surface area contributed by atoms with Crippen LogP contribution in [-0.4, -0.2) is 6.71 Å². The number of rotatable bonds is 3. The smallest absolute Gasteiger partial charge is 0.252 e. The molecule has 15 rings (SSSR count). The number of hydrogen-bond acceptors (Lipinski definition) is 3. The quantitative estimate of drug-likeness (QED) is 0.165. The van der Waals surface area contributed by atoms with Gasteiger partial charge in [-0.2, -0.15) is 0 Å². The van der Waals surface area contributed by atoms with E-state index < -0.39 is 0 Å². The molecule has 3 aliphatic heterocycles. The summed E-state index contributed by atoms with van der Waals surface area (Å²) in [6, 6.07) is 57.0. The first-order valence-electron chi connectivity index (χ1n) is 21.8. The molecule has 0 N–H and O–H groups in total. The van der Waals surface area contributed by atoms with E-state index in [-0.39, 0.29) is 12.1 Å². The van der Waals surface area contributed by atoms with Crippen molar-refractivity contribution < 1.29 is 0 Å². The van der Waals surface area contributed by atoms with Crippen LogP contribution < -0.4 is 26.2 Å². The first-order valence-corrected chi connectivity index (χ1v) is 22.6. The third-order valence-electron chi connectivity index (χ3n) is 15.8. The van der Waals surface area contributed by atoms with Crippen LogP contribution >= 0.6 is 11.3 Å². The number of fused-ring (bicyclic) bond motifs is 9. The first kappa shape index (κ1) is 32.4. The van der Waals surface area contributed by atoms with Crippen LogP contribution in [0, 0.1) is 23.7 Å². The SMILES string of the molecule is CCc1ccc(N2c3cc(-c4ccc5sc6ccccc6c5c4)ccc3B3c4cccc5c4N(c4ccccc4C54C5CC6CC(C5)CC4C6)c4cccc2c43)cc1. The van der Waals surface area contributed by atoms with E-state index in [1.165, 1.54) is 119 Å². The standard InChI is InChI=1S/C54H43BN2S/c1-2-32-17-21-39(22-18-32)56-47-14-8-15-48-52(47)55(44-23-19-36(31-49(44)56)35-20-24-51-41(30-35)40-9-3-6-16-50(40)58-51)45-12-7-11-43-53(45)57(48)46-13-5-4-10-42(46)54(43)37-26-33-25-34(28-37)29-38(54)27-33/h3-24,30-31,33-34,37-38H,2,25-29H2,1H3. The summed E-state index contributed by atoms with van der Waals surface area (Å²) in [7, 11) is 0. The van der Waals surface area contributed by atoms with Crippen molar-refractivity contribution >= 4 is 88.7 Å². The van der Waals surface area contributed by atoms with Crippen LogP contribution in [0.15, 0.2) is 146 Å². The van der Waals surface area contributed by atoms with Crippen LogP contribution in [-0.2, 0) is 11.8 Å². The van der Waals surface area contributed by atoms with Gasteiger partial charge in [0.25, 0.3) is 6.71 Å². The second-order valence-electron chi connectivity index (χ2n) is 18.4. The Morgan fingerprint density at radius 2 is 1.22 bits per heavy atom. The number of aryl methyl sites for hydroxylation is 1. The Bertz CT molecular complexity index is 3020. The van der Waals surface area contributed by atoms with Crippen molar-refractivity contribution in [3.63, 3.8) is 0 Å². The molecular formula is C54H43BN2S. The van der Waals surface area contributed by atoms with Gasteiger partial charge >= 0.3 is 0 Å². The molecule has 0 amide bonds. The summed E-state index contributed by atoms with van der Waals surface area (Å²) in [5.41, 5.74) is 19.5. The predicted molar refractivity (Wildman–Crippen MR) is 246 cm³/mol. The summed E-state index contributed by atoms with van der Waals surface area (Å²) in [5, 5.41) is 2.69. The Balaban J connectivity index is 1.03. The van der Waals surface area contributed by atoms with Gasteiger partial charge in [-0.15, -0.1) is 11.3 Å². The van der Waals surface area contributed by atoms with Crippen molar-refractivity contribution in [3.05, 3.63) is 162 Å². The molecule has 0 atom stereocenters. The molecule has 58 heavy (non-hydrogen) atoms. The van der Waals surface area contributed by atoms with Gasteiger partial charge < -0.3 is 9.80 Å². The molecule has 7 aliphatic rings. The Morgan fingerprint density at radius 1 is 0.552 bits per heavy atom. The van der Waals surface area contributed by atoms with E-state index in [2.05, 4.69) is 162 Å². The second-order valence-corrected chi connectivity index (χ2v) is 19.4. The van der Waals surface area contributed by atoms with Crippen LogP contribution in [0.5, 0.6) is 0 Å². The topological polar surface area (TPSA) is 6.48 Å². The summed E-state index contributed by atoms with van der Waals surface area (Å²) in [6.07, 6.45) is 8.05. The fourth-order valence-electron chi connectivity index (χ4n) is 13.8. The molecule has 0 unspecified atom stereocenters. The minimum atomic E-state index is 0.0832. The molecule has 2 nitrogen and oxygen atoms in total. The lowest BCUT2D eigenvalue weighted by molar-refractivity contribution is -0.0419.